The third-order valence-electron chi connectivity index (χ3n) is 6.62. The number of carbonyl (C=O) groups excluding carboxylic acids is 2. The molecular weight excluding hydrogens is 368 g/mol. The summed E-state index contributed by atoms with van der Waals surface area (Å²) in [5.41, 5.74) is 5.54. The van der Waals surface area contributed by atoms with Crippen LogP contribution in [0.15, 0.2) is 35.3 Å². The van der Waals surface area contributed by atoms with Crippen LogP contribution in [0, 0.1) is 11.8 Å². The van der Waals surface area contributed by atoms with Crippen molar-refractivity contribution in [2.45, 2.75) is 44.3 Å². The first-order valence-electron chi connectivity index (χ1n) is 10.7. The minimum atomic E-state index is -0.145. The molecule has 3 heterocycles. The number of aliphatic imine (C=N–C) groups is 1. The smallest absolute Gasteiger partial charge is 0.321 e. The number of nitrogens with zero attached hydrogens (tertiary/aromatic N) is 3. The first kappa shape index (κ1) is 18.6. The zero-order valence-corrected chi connectivity index (χ0v) is 16.5. The minimum absolute atomic E-state index is 0.0433. The van der Waals surface area contributed by atoms with E-state index < -0.39 is 0 Å². The number of benzene rings is 1. The Morgan fingerprint density at radius 1 is 1.17 bits per heavy atom. The van der Waals surface area contributed by atoms with Crippen LogP contribution in [0.4, 0.5) is 10.5 Å². The van der Waals surface area contributed by atoms with Gasteiger partial charge in [-0.25, -0.2) is 9.79 Å². The summed E-state index contributed by atoms with van der Waals surface area (Å²) in [5.74, 6) is 0.732. The Hall–Kier alpha value is -2.45. The number of para-hydroxylation sites is 1. The quantitative estimate of drug-likeness (QED) is 0.715. The second-order valence-electron chi connectivity index (χ2n) is 8.55. The summed E-state index contributed by atoms with van der Waals surface area (Å²) in [6.45, 7) is 1.71. The molecule has 5 rings (SSSR count). The predicted octanol–water partition coefficient (Wildman–Crippen LogP) is 1.14. The van der Waals surface area contributed by atoms with Crippen molar-refractivity contribution in [2.24, 2.45) is 16.8 Å². The van der Waals surface area contributed by atoms with Crippen LogP contribution in [0.25, 0.3) is 5.43 Å². The normalized spacial score (nSPS) is 30.2. The SMILES string of the molecule is O=C1NC(C2CN(C(=O)Nc3ccccc3)C2)=NC2C1C[N-][NH+]2C1CCCCC1. The van der Waals surface area contributed by atoms with Crippen LogP contribution < -0.4 is 15.6 Å². The summed E-state index contributed by atoms with van der Waals surface area (Å²) in [4.78, 5) is 31.8. The molecule has 1 saturated carbocycles. The van der Waals surface area contributed by atoms with Gasteiger partial charge in [0.25, 0.3) is 0 Å². The van der Waals surface area contributed by atoms with Crippen molar-refractivity contribution in [2.75, 3.05) is 25.0 Å². The Bertz CT molecular complexity index is 801. The monoisotopic (exact) mass is 396 g/mol. The van der Waals surface area contributed by atoms with Crippen molar-refractivity contribution in [1.82, 2.24) is 10.2 Å². The average molecular weight is 396 g/mol. The number of urea groups is 1. The number of anilines is 1. The summed E-state index contributed by atoms with van der Waals surface area (Å²) in [5, 5.41) is 7.06. The molecule has 0 spiro atoms. The first-order chi connectivity index (χ1) is 14.2. The van der Waals surface area contributed by atoms with Gasteiger partial charge in [0.15, 0.2) is 6.17 Å². The van der Waals surface area contributed by atoms with Crippen LogP contribution in [-0.2, 0) is 4.79 Å². The van der Waals surface area contributed by atoms with Gasteiger partial charge < -0.3 is 26.0 Å². The van der Waals surface area contributed by atoms with Gasteiger partial charge in [0.1, 0.15) is 5.84 Å². The van der Waals surface area contributed by atoms with Gasteiger partial charge in [-0.15, -0.1) is 0 Å². The molecule has 1 aromatic rings. The van der Waals surface area contributed by atoms with Crippen LogP contribution in [0.5, 0.6) is 0 Å². The Labute approximate surface area is 170 Å². The second kappa shape index (κ2) is 7.76. The molecule has 1 aliphatic carbocycles. The van der Waals surface area contributed by atoms with E-state index in [0.29, 0.717) is 25.7 Å². The third kappa shape index (κ3) is 3.62. The van der Waals surface area contributed by atoms with Gasteiger partial charge in [-0.1, -0.05) is 31.2 Å². The molecule has 0 radical (unpaired) electrons. The van der Waals surface area contributed by atoms with E-state index in [2.05, 4.69) is 10.6 Å². The lowest BCUT2D eigenvalue weighted by atomic mass is 9.93. The van der Waals surface area contributed by atoms with Gasteiger partial charge in [-0.3, -0.25) is 4.79 Å². The van der Waals surface area contributed by atoms with Crippen molar-refractivity contribution >= 4 is 23.5 Å². The Morgan fingerprint density at radius 3 is 2.69 bits per heavy atom. The number of quaternary nitrogens is 1. The maximum atomic E-state index is 12.7. The Balaban J connectivity index is 1.22. The van der Waals surface area contributed by atoms with Gasteiger partial charge in [0.2, 0.25) is 5.91 Å². The number of likely N-dealkylation sites (tertiary alicyclic amines) is 1. The van der Waals surface area contributed by atoms with E-state index in [1.54, 1.807) is 4.90 Å². The molecule has 1 aromatic carbocycles. The number of rotatable bonds is 3. The molecule has 4 aliphatic rings. The summed E-state index contributed by atoms with van der Waals surface area (Å²) in [6, 6.07) is 9.82. The lowest BCUT2D eigenvalue weighted by Crippen LogP contribution is -3.14. The lowest BCUT2D eigenvalue weighted by Gasteiger charge is -2.43. The highest BCUT2D eigenvalue weighted by atomic mass is 16.2. The van der Waals surface area contributed by atoms with Gasteiger partial charge in [-0.05, 0) is 37.8 Å². The molecule has 154 valence electrons. The van der Waals surface area contributed by atoms with Gasteiger partial charge >= 0.3 is 6.03 Å². The standard InChI is InChI=1S/C21H28N6O2/c28-20-17-11-22-27(16-9-5-2-6-10-16)19(17)24-18(25-20)14-12-26(13-14)21(29)23-15-7-3-1-4-8-15/h1,3-4,7-8,14,16-17,19,27H,2,5-6,9-13H2,(H,23,29)(H,24,25,28). The van der Waals surface area contributed by atoms with Crippen molar-refractivity contribution in [1.29, 1.82) is 0 Å². The van der Waals surface area contributed by atoms with Crippen LogP contribution in [-0.4, -0.2) is 54.5 Å². The zero-order valence-electron chi connectivity index (χ0n) is 16.5. The molecule has 29 heavy (non-hydrogen) atoms. The molecule has 3 unspecified atom stereocenters. The maximum absolute atomic E-state index is 12.7. The molecule has 0 aromatic heterocycles. The number of amidine groups is 1. The largest absolute Gasteiger partial charge is 0.451 e. The van der Waals surface area contributed by atoms with E-state index in [1.165, 1.54) is 32.1 Å². The summed E-state index contributed by atoms with van der Waals surface area (Å²) < 4.78 is 0. The molecule has 3 N–H and O–H groups in total. The zero-order chi connectivity index (χ0) is 19.8. The molecular formula is C21H28N6O2. The average Bonchev–Trinajstić information content (AvgIpc) is 3.13. The van der Waals surface area contributed by atoms with E-state index in [4.69, 9.17) is 10.4 Å². The number of fused-ring (bicyclic) bond motifs is 1. The maximum Gasteiger partial charge on any atom is 0.321 e. The first-order valence-corrected chi connectivity index (χ1v) is 10.7. The molecule has 2 saturated heterocycles. The molecule has 8 heteroatoms. The highest BCUT2D eigenvalue weighted by molar-refractivity contribution is 6.04. The van der Waals surface area contributed by atoms with Crippen LogP contribution in [0.3, 0.4) is 0 Å². The van der Waals surface area contributed by atoms with E-state index in [9.17, 15) is 9.59 Å². The number of carbonyl (C=O) groups is 2. The molecule has 3 amide bonds. The Kier molecular flexibility index (Phi) is 4.97. The van der Waals surface area contributed by atoms with E-state index in [-0.39, 0.29) is 29.9 Å². The second-order valence-corrected chi connectivity index (χ2v) is 8.55. The number of hydrogen-bond donors (Lipinski definition) is 3. The number of hydrogen-bond acceptors (Lipinski definition) is 3. The van der Waals surface area contributed by atoms with E-state index in [0.717, 1.165) is 16.5 Å². The minimum Gasteiger partial charge on any atom is -0.451 e. The van der Waals surface area contributed by atoms with Crippen molar-refractivity contribution in [3.63, 3.8) is 0 Å². The molecule has 3 fully saturated rings. The summed E-state index contributed by atoms with van der Waals surface area (Å²) in [7, 11) is 0. The number of nitrogens with one attached hydrogen (secondary N) is 3. The number of amides is 3. The lowest BCUT2D eigenvalue weighted by molar-refractivity contribution is -0.906. The van der Waals surface area contributed by atoms with Gasteiger partial charge in [0, 0.05) is 18.8 Å². The van der Waals surface area contributed by atoms with Crippen LogP contribution >= 0.6 is 0 Å². The fourth-order valence-electron chi connectivity index (χ4n) is 4.90. The third-order valence-corrected chi connectivity index (χ3v) is 6.62. The highest BCUT2D eigenvalue weighted by Gasteiger charge is 2.45. The predicted molar refractivity (Wildman–Crippen MR) is 109 cm³/mol. The molecule has 3 aliphatic heterocycles. The van der Waals surface area contributed by atoms with Crippen molar-refractivity contribution in [3.8, 4) is 0 Å². The fourth-order valence-corrected chi connectivity index (χ4v) is 4.90. The molecule has 0 bridgehead atoms. The Morgan fingerprint density at radius 2 is 1.93 bits per heavy atom. The molecule has 3 atom stereocenters. The topological polar surface area (TPSA) is 92.3 Å². The van der Waals surface area contributed by atoms with Gasteiger partial charge in [-0.2, -0.15) is 0 Å². The highest BCUT2D eigenvalue weighted by Crippen LogP contribution is 2.25. The van der Waals surface area contributed by atoms with E-state index >= 15 is 0 Å². The fraction of sp³-hybridized carbons (Fsp3) is 0.571. The van der Waals surface area contributed by atoms with Crippen LogP contribution in [0.2, 0.25) is 0 Å². The van der Waals surface area contributed by atoms with Crippen LogP contribution in [0.1, 0.15) is 32.1 Å². The molecule has 8 nitrogen and oxygen atoms in total. The summed E-state index contributed by atoms with van der Waals surface area (Å²) in [6.07, 6.45) is 6.05. The van der Waals surface area contributed by atoms with Crippen molar-refractivity contribution in [3.05, 3.63) is 35.8 Å². The van der Waals surface area contributed by atoms with Crippen molar-refractivity contribution < 1.29 is 14.6 Å². The summed E-state index contributed by atoms with van der Waals surface area (Å²) >= 11 is 0. The van der Waals surface area contributed by atoms with Gasteiger partial charge in [0.05, 0.1) is 17.9 Å². The van der Waals surface area contributed by atoms with E-state index in [1.807, 2.05) is 30.3 Å².